The van der Waals surface area contributed by atoms with E-state index < -0.39 is 0 Å². The number of hydrogen-bond acceptors (Lipinski definition) is 8. The zero-order valence-electron chi connectivity index (χ0n) is 23.4. The first-order valence-corrected chi connectivity index (χ1v) is 12.9. The second kappa shape index (κ2) is 11.7. The Morgan fingerprint density at radius 2 is 1.90 bits per heavy atom. The van der Waals surface area contributed by atoms with Crippen molar-refractivity contribution in [1.29, 1.82) is 0 Å². The normalized spacial score (nSPS) is 11.6. The van der Waals surface area contributed by atoms with Crippen LogP contribution in [0.15, 0.2) is 55.1 Å². The van der Waals surface area contributed by atoms with E-state index in [2.05, 4.69) is 46.4 Å². The number of nitrogens with zero attached hydrogens (tertiary/aromatic N) is 6. The largest absolute Gasteiger partial charge is 0.395 e. The predicted octanol–water partition coefficient (Wildman–Crippen LogP) is 4.05. The number of aryl methyl sites for hydroxylation is 1. The number of carbonyl (C=O) groups is 1. The lowest BCUT2D eigenvalue weighted by Crippen LogP contribution is -2.21. The van der Waals surface area contributed by atoms with Gasteiger partial charge in [0.15, 0.2) is 5.82 Å². The van der Waals surface area contributed by atoms with Gasteiger partial charge >= 0.3 is 0 Å². The molecule has 0 atom stereocenters. The average Bonchev–Trinajstić information content (AvgIpc) is 3.32. The molecule has 0 aliphatic heterocycles. The van der Waals surface area contributed by atoms with Crippen molar-refractivity contribution in [3.8, 4) is 17.1 Å². The molecule has 0 spiro atoms. The van der Waals surface area contributed by atoms with Crippen molar-refractivity contribution in [2.75, 3.05) is 37.9 Å². The topological polar surface area (TPSA) is 121 Å². The zero-order valence-corrected chi connectivity index (χ0v) is 23.4. The number of hydrogen-bond donors (Lipinski definition) is 3. The predicted molar refractivity (Wildman–Crippen MR) is 153 cm³/mol. The molecule has 0 fully saturated rings. The van der Waals surface area contributed by atoms with Crippen LogP contribution >= 0.6 is 0 Å². The van der Waals surface area contributed by atoms with E-state index in [-0.39, 0.29) is 17.9 Å². The Kier molecular flexibility index (Phi) is 8.37. The highest BCUT2D eigenvalue weighted by Gasteiger charge is 2.19. The molecule has 3 N–H and O–H groups in total. The van der Waals surface area contributed by atoms with Gasteiger partial charge in [0.2, 0.25) is 0 Å². The fraction of sp³-hybridized carbons (Fsp3) is 0.345. The summed E-state index contributed by atoms with van der Waals surface area (Å²) in [7, 11) is 3.73. The molecule has 3 heterocycles. The number of amides is 1. The number of nitrogens with one attached hydrogen (secondary N) is 2. The van der Waals surface area contributed by atoms with Gasteiger partial charge in [-0.3, -0.25) is 14.7 Å². The van der Waals surface area contributed by atoms with E-state index in [1.54, 1.807) is 24.1 Å². The lowest BCUT2D eigenvalue weighted by Gasteiger charge is -2.19. The number of aliphatic hydroxyl groups is 1. The van der Waals surface area contributed by atoms with Crippen molar-refractivity contribution in [3.05, 3.63) is 77.5 Å². The molecule has 1 aromatic carbocycles. The minimum atomic E-state index is -0.224. The Bertz CT molecular complexity index is 1460. The number of aromatic nitrogens is 5. The highest BCUT2D eigenvalue weighted by molar-refractivity contribution is 6.04. The van der Waals surface area contributed by atoms with Gasteiger partial charge in [0.05, 0.1) is 23.6 Å². The van der Waals surface area contributed by atoms with Gasteiger partial charge in [-0.1, -0.05) is 26.8 Å². The molecule has 10 heteroatoms. The van der Waals surface area contributed by atoms with E-state index in [9.17, 15) is 9.90 Å². The fourth-order valence-electron chi connectivity index (χ4n) is 4.15. The summed E-state index contributed by atoms with van der Waals surface area (Å²) in [5.74, 6) is 1.06. The molecule has 0 radical (unpaired) electrons. The Morgan fingerprint density at radius 1 is 1.10 bits per heavy atom. The smallest absolute Gasteiger partial charge is 0.257 e. The standard InChI is InChI=1S/C29H36N8O2/c1-19-7-8-22(34-28(39)20-11-21(16-31-15-20)29(2,3)4)12-24(19)25-13-23(17-36(6)9-10-38)35-37(25)27-14-26(30-5)32-18-33-27/h7-8,11-16,18,38H,9-10,17H2,1-6H3,(H,34,39)(H,30,32,33). The maximum atomic E-state index is 13.2. The van der Waals surface area contributed by atoms with Gasteiger partial charge < -0.3 is 15.7 Å². The van der Waals surface area contributed by atoms with E-state index in [0.29, 0.717) is 36.0 Å². The summed E-state index contributed by atoms with van der Waals surface area (Å²) in [5, 5.41) is 20.3. The first kappa shape index (κ1) is 27.9. The van der Waals surface area contributed by atoms with E-state index in [0.717, 1.165) is 28.1 Å². The average molecular weight is 529 g/mol. The molecule has 0 aliphatic carbocycles. The number of aliphatic hydroxyl groups excluding tert-OH is 1. The van der Waals surface area contributed by atoms with Crippen LogP contribution in [0.25, 0.3) is 17.1 Å². The third-order valence-corrected chi connectivity index (χ3v) is 6.44. The summed E-state index contributed by atoms with van der Waals surface area (Å²) in [6.07, 6.45) is 4.87. The van der Waals surface area contributed by atoms with Gasteiger partial charge in [-0.25, -0.2) is 14.6 Å². The van der Waals surface area contributed by atoms with Crippen LogP contribution < -0.4 is 10.6 Å². The third-order valence-electron chi connectivity index (χ3n) is 6.44. The quantitative estimate of drug-likeness (QED) is 0.298. The molecule has 0 aliphatic rings. The van der Waals surface area contributed by atoms with Crippen molar-refractivity contribution < 1.29 is 9.90 Å². The third kappa shape index (κ3) is 6.65. The van der Waals surface area contributed by atoms with Gasteiger partial charge in [0.25, 0.3) is 5.91 Å². The number of anilines is 2. The number of benzene rings is 1. The SMILES string of the molecule is CNc1cc(-n2nc(CN(C)CCO)cc2-c2cc(NC(=O)c3cncc(C(C)(C)C)c3)ccc2C)ncn1. The molecule has 39 heavy (non-hydrogen) atoms. The van der Waals surface area contributed by atoms with Crippen LogP contribution in [0.2, 0.25) is 0 Å². The highest BCUT2D eigenvalue weighted by Crippen LogP contribution is 2.30. The van der Waals surface area contributed by atoms with Gasteiger partial charge in [0, 0.05) is 49.8 Å². The Balaban J connectivity index is 1.72. The number of pyridine rings is 1. The minimum absolute atomic E-state index is 0.0660. The second-order valence-electron chi connectivity index (χ2n) is 10.6. The van der Waals surface area contributed by atoms with Crippen LogP contribution in [0.3, 0.4) is 0 Å². The molecule has 204 valence electrons. The molecule has 1 amide bonds. The molecule has 0 unspecified atom stereocenters. The van der Waals surface area contributed by atoms with Crippen molar-refractivity contribution in [3.63, 3.8) is 0 Å². The monoisotopic (exact) mass is 528 g/mol. The zero-order chi connectivity index (χ0) is 28.2. The van der Waals surface area contributed by atoms with Crippen molar-refractivity contribution in [2.45, 2.75) is 39.7 Å². The lowest BCUT2D eigenvalue weighted by molar-refractivity contribution is 0.102. The summed E-state index contributed by atoms with van der Waals surface area (Å²) < 4.78 is 1.79. The van der Waals surface area contributed by atoms with Crippen molar-refractivity contribution in [1.82, 2.24) is 29.6 Å². The molecule has 0 saturated heterocycles. The molecular formula is C29H36N8O2. The van der Waals surface area contributed by atoms with E-state index in [4.69, 9.17) is 5.10 Å². The van der Waals surface area contributed by atoms with E-state index in [1.807, 2.05) is 55.3 Å². The Morgan fingerprint density at radius 3 is 2.62 bits per heavy atom. The Labute approximate surface area is 229 Å². The number of rotatable bonds is 9. The molecule has 10 nitrogen and oxygen atoms in total. The van der Waals surface area contributed by atoms with Gasteiger partial charge in [-0.15, -0.1) is 0 Å². The summed E-state index contributed by atoms with van der Waals surface area (Å²) in [4.78, 5) is 28.1. The van der Waals surface area contributed by atoms with Gasteiger partial charge in [-0.05, 0) is 54.8 Å². The molecule has 3 aromatic heterocycles. The number of likely N-dealkylation sites (N-methyl/N-ethyl adjacent to an activating group) is 1. The summed E-state index contributed by atoms with van der Waals surface area (Å²) >= 11 is 0. The summed E-state index contributed by atoms with van der Waals surface area (Å²) in [6, 6.07) is 11.5. The maximum absolute atomic E-state index is 13.2. The molecule has 4 rings (SSSR count). The van der Waals surface area contributed by atoms with E-state index >= 15 is 0 Å². The molecule has 4 aromatic rings. The van der Waals surface area contributed by atoms with Crippen LogP contribution in [0, 0.1) is 6.92 Å². The van der Waals surface area contributed by atoms with Crippen LogP contribution in [0.1, 0.15) is 48.0 Å². The lowest BCUT2D eigenvalue weighted by atomic mass is 9.87. The molecular weight excluding hydrogens is 492 g/mol. The summed E-state index contributed by atoms with van der Waals surface area (Å²) in [6.45, 7) is 9.45. The number of carbonyl (C=O) groups excluding carboxylic acids is 1. The molecule has 0 bridgehead atoms. The minimum Gasteiger partial charge on any atom is -0.395 e. The summed E-state index contributed by atoms with van der Waals surface area (Å²) in [5.41, 5.74) is 5.61. The highest BCUT2D eigenvalue weighted by atomic mass is 16.3. The fourth-order valence-corrected chi connectivity index (χ4v) is 4.15. The van der Waals surface area contributed by atoms with Crippen LogP contribution in [-0.2, 0) is 12.0 Å². The van der Waals surface area contributed by atoms with Crippen molar-refractivity contribution in [2.24, 2.45) is 0 Å². The maximum Gasteiger partial charge on any atom is 0.257 e. The Hall–Kier alpha value is -4.15. The van der Waals surface area contributed by atoms with Crippen LogP contribution in [0.5, 0.6) is 0 Å². The van der Waals surface area contributed by atoms with E-state index in [1.165, 1.54) is 6.33 Å². The second-order valence-corrected chi connectivity index (χ2v) is 10.6. The first-order valence-electron chi connectivity index (χ1n) is 12.9. The van der Waals surface area contributed by atoms with Crippen LogP contribution in [-0.4, -0.2) is 67.9 Å². The van der Waals surface area contributed by atoms with Crippen LogP contribution in [0.4, 0.5) is 11.5 Å². The first-order chi connectivity index (χ1) is 18.6. The van der Waals surface area contributed by atoms with Gasteiger partial charge in [0.1, 0.15) is 12.1 Å². The van der Waals surface area contributed by atoms with Gasteiger partial charge in [-0.2, -0.15) is 5.10 Å². The molecule has 0 saturated carbocycles. The van der Waals surface area contributed by atoms with Crippen molar-refractivity contribution >= 4 is 17.4 Å².